The fourth-order valence-corrected chi connectivity index (χ4v) is 2.17. The third kappa shape index (κ3) is 4.04. The largest absolute Gasteiger partial charge is 0.347 e. The lowest BCUT2D eigenvalue weighted by Gasteiger charge is -2.02. The summed E-state index contributed by atoms with van der Waals surface area (Å²) in [5.74, 6) is 0.293. The minimum absolute atomic E-state index is 0.152. The molecular weight excluding hydrogens is 309 g/mol. The molecule has 3 rings (SSSR count). The lowest BCUT2D eigenvalue weighted by Crippen LogP contribution is -2.24. The Labute approximate surface area is 138 Å². The van der Waals surface area contributed by atoms with E-state index in [2.05, 4.69) is 15.5 Å². The van der Waals surface area contributed by atoms with Crippen LogP contribution in [0.1, 0.15) is 17.0 Å². The summed E-state index contributed by atoms with van der Waals surface area (Å²) in [5.41, 5.74) is 2.74. The predicted molar refractivity (Wildman–Crippen MR) is 86.4 cm³/mol. The highest BCUT2D eigenvalue weighted by Crippen LogP contribution is 2.16. The number of nitrogens with zero attached hydrogens (tertiary/aromatic N) is 2. The first-order valence-electron chi connectivity index (χ1n) is 7.51. The SMILES string of the molecule is Cc1ccc(-c2noc(CNC(=O)Cc3ccc(F)cc3)n2)cc1. The van der Waals surface area contributed by atoms with E-state index in [0.29, 0.717) is 11.7 Å². The second-order valence-corrected chi connectivity index (χ2v) is 5.46. The maximum atomic E-state index is 12.8. The highest BCUT2D eigenvalue weighted by atomic mass is 19.1. The zero-order valence-electron chi connectivity index (χ0n) is 13.1. The van der Waals surface area contributed by atoms with Crippen LogP contribution in [0.4, 0.5) is 4.39 Å². The molecule has 0 radical (unpaired) electrons. The fraction of sp³-hybridized carbons (Fsp3) is 0.167. The minimum atomic E-state index is -0.325. The van der Waals surface area contributed by atoms with Crippen molar-refractivity contribution in [1.82, 2.24) is 15.5 Å². The normalized spacial score (nSPS) is 10.6. The van der Waals surface area contributed by atoms with Crippen LogP contribution in [0.2, 0.25) is 0 Å². The molecule has 6 heteroatoms. The van der Waals surface area contributed by atoms with Crippen LogP contribution in [-0.2, 0) is 17.8 Å². The van der Waals surface area contributed by atoms with Gasteiger partial charge in [-0.25, -0.2) is 4.39 Å². The first-order valence-corrected chi connectivity index (χ1v) is 7.51. The third-order valence-electron chi connectivity index (χ3n) is 3.49. The van der Waals surface area contributed by atoms with Crippen molar-refractivity contribution in [3.8, 4) is 11.4 Å². The van der Waals surface area contributed by atoms with E-state index in [9.17, 15) is 9.18 Å². The molecule has 0 aliphatic rings. The van der Waals surface area contributed by atoms with E-state index in [1.807, 2.05) is 31.2 Å². The van der Waals surface area contributed by atoms with E-state index in [-0.39, 0.29) is 24.7 Å². The number of amides is 1. The smallest absolute Gasteiger partial charge is 0.246 e. The summed E-state index contributed by atoms with van der Waals surface area (Å²) in [5, 5.41) is 6.62. The van der Waals surface area contributed by atoms with Crippen molar-refractivity contribution in [1.29, 1.82) is 0 Å². The van der Waals surface area contributed by atoms with Crippen LogP contribution in [0.15, 0.2) is 53.1 Å². The number of halogens is 1. The molecule has 3 aromatic rings. The number of hydrogen-bond donors (Lipinski definition) is 1. The molecule has 122 valence electrons. The maximum absolute atomic E-state index is 12.8. The maximum Gasteiger partial charge on any atom is 0.246 e. The number of aryl methyl sites for hydroxylation is 1. The topological polar surface area (TPSA) is 68.0 Å². The summed E-state index contributed by atoms with van der Waals surface area (Å²) in [4.78, 5) is 16.1. The van der Waals surface area contributed by atoms with E-state index in [1.165, 1.54) is 12.1 Å². The van der Waals surface area contributed by atoms with Gasteiger partial charge in [-0.3, -0.25) is 4.79 Å². The summed E-state index contributed by atoms with van der Waals surface area (Å²) in [6.45, 7) is 2.15. The molecule has 0 saturated carbocycles. The highest BCUT2D eigenvalue weighted by molar-refractivity contribution is 5.78. The van der Waals surface area contributed by atoms with Crippen LogP contribution in [0.3, 0.4) is 0 Å². The number of aromatic nitrogens is 2. The van der Waals surface area contributed by atoms with Gasteiger partial charge < -0.3 is 9.84 Å². The zero-order valence-corrected chi connectivity index (χ0v) is 13.1. The van der Waals surface area contributed by atoms with Crippen molar-refractivity contribution >= 4 is 5.91 Å². The number of carbonyl (C=O) groups excluding carboxylic acids is 1. The van der Waals surface area contributed by atoms with Crippen LogP contribution in [-0.4, -0.2) is 16.0 Å². The third-order valence-corrected chi connectivity index (χ3v) is 3.49. The predicted octanol–water partition coefficient (Wildman–Crippen LogP) is 3.04. The van der Waals surface area contributed by atoms with Crippen molar-refractivity contribution in [2.45, 2.75) is 19.9 Å². The second kappa shape index (κ2) is 7.04. The number of nitrogens with one attached hydrogen (secondary N) is 1. The van der Waals surface area contributed by atoms with E-state index in [4.69, 9.17) is 4.52 Å². The van der Waals surface area contributed by atoms with E-state index >= 15 is 0 Å². The van der Waals surface area contributed by atoms with Gasteiger partial charge in [0, 0.05) is 5.56 Å². The molecule has 0 aliphatic carbocycles. The quantitative estimate of drug-likeness (QED) is 0.783. The molecular formula is C18H16FN3O2. The van der Waals surface area contributed by atoms with Gasteiger partial charge in [-0.1, -0.05) is 47.1 Å². The minimum Gasteiger partial charge on any atom is -0.347 e. The molecule has 5 nitrogen and oxygen atoms in total. The van der Waals surface area contributed by atoms with Gasteiger partial charge in [0.05, 0.1) is 13.0 Å². The number of carbonyl (C=O) groups is 1. The standard InChI is InChI=1S/C18H16FN3O2/c1-12-2-6-14(7-3-12)18-21-17(24-22-18)11-20-16(23)10-13-4-8-15(19)9-5-13/h2-9H,10-11H2,1H3,(H,20,23). The molecule has 0 bridgehead atoms. The van der Waals surface area contributed by atoms with Crippen LogP contribution < -0.4 is 5.32 Å². The molecule has 0 saturated heterocycles. The first kappa shape index (κ1) is 15.9. The monoisotopic (exact) mass is 325 g/mol. The number of rotatable bonds is 5. The second-order valence-electron chi connectivity index (χ2n) is 5.46. The van der Waals surface area contributed by atoms with E-state index < -0.39 is 0 Å². The number of benzene rings is 2. The van der Waals surface area contributed by atoms with Gasteiger partial charge in [-0.05, 0) is 24.6 Å². The van der Waals surface area contributed by atoms with Crippen molar-refractivity contribution in [2.75, 3.05) is 0 Å². The first-order chi connectivity index (χ1) is 11.6. The lowest BCUT2D eigenvalue weighted by atomic mass is 10.1. The molecule has 0 spiro atoms. The van der Waals surface area contributed by atoms with Crippen molar-refractivity contribution in [3.63, 3.8) is 0 Å². The molecule has 24 heavy (non-hydrogen) atoms. The summed E-state index contributed by atoms with van der Waals surface area (Å²) in [7, 11) is 0. The summed E-state index contributed by atoms with van der Waals surface area (Å²) in [6, 6.07) is 13.6. The Balaban J connectivity index is 1.56. The van der Waals surface area contributed by atoms with Crippen molar-refractivity contribution in [3.05, 3.63) is 71.4 Å². The van der Waals surface area contributed by atoms with Gasteiger partial charge in [0.15, 0.2) is 0 Å². The summed E-state index contributed by atoms with van der Waals surface area (Å²) in [6.07, 6.45) is 0.166. The molecule has 0 fully saturated rings. The average molecular weight is 325 g/mol. The van der Waals surface area contributed by atoms with E-state index in [0.717, 1.165) is 16.7 Å². The van der Waals surface area contributed by atoms with Crippen molar-refractivity contribution < 1.29 is 13.7 Å². The fourth-order valence-electron chi connectivity index (χ4n) is 2.17. The van der Waals surface area contributed by atoms with Crippen LogP contribution in [0, 0.1) is 12.7 Å². The molecule has 1 N–H and O–H groups in total. The molecule has 2 aromatic carbocycles. The summed E-state index contributed by atoms with van der Waals surface area (Å²) >= 11 is 0. The van der Waals surface area contributed by atoms with Gasteiger partial charge in [-0.15, -0.1) is 0 Å². The zero-order chi connectivity index (χ0) is 16.9. The Hall–Kier alpha value is -3.02. The Morgan fingerprint density at radius 1 is 1.12 bits per heavy atom. The Kier molecular flexibility index (Phi) is 4.65. The van der Waals surface area contributed by atoms with Gasteiger partial charge in [0.2, 0.25) is 17.6 Å². The van der Waals surface area contributed by atoms with Gasteiger partial charge in [0.1, 0.15) is 5.82 Å². The van der Waals surface area contributed by atoms with Crippen LogP contribution >= 0.6 is 0 Å². The lowest BCUT2D eigenvalue weighted by molar-refractivity contribution is -0.120. The molecule has 1 heterocycles. The van der Waals surface area contributed by atoms with Gasteiger partial charge in [0.25, 0.3) is 0 Å². The molecule has 1 aromatic heterocycles. The van der Waals surface area contributed by atoms with Gasteiger partial charge in [-0.2, -0.15) is 4.98 Å². The van der Waals surface area contributed by atoms with Crippen LogP contribution in [0.5, 0.6) is 0 Å². The highest BCUT2D eigenvalue weighted by Gasteiger charge is 2.10. The van der Waals surface area contributed by atoms with Crippen LogP contribution in [0.25, 0.3) is 11.4 Å². The molecule has 0 atom stereocenters. The molecule has 0 unspecified atom stereocenters. The Bertz CT molecular complexity index is 826. The number of hydrogen-bond acceptors (Lipinski definition) is 4. The average Bonchev–Trinajstić information content (AvgIpc) is 3.05. The Morgan fingerprint density at radius 2 is 1.83 bits per heavy atom. The van der Waals surface area contributed by atoms with Gasteiger partial charge >= 0.3 is 0 Å². The Morgan fingerprint density at radius 3 is 2.54 bits per heavy atom. The van der Waals surface area contributed by atoms with E-state index in [1.54, 1.807) is 12.1 Å². The molecule has 0 aliphatic heterocycles. The molecule has 1 amide bonds. The summed E-state index contributed by atoms with van der Waals surface area (Å²) < 4.78 is 18.0. The van der Waals surface area contributed by atoms with Crippen molar-refractivity contribution in [2.24, 2.45) is 0 Å².